The standard InChI is InChI=1S/C20H23FN2O2/c21-18-7-5-17(6-8-18)20(10-11-20)14-23-19(25)22-12-9-15-1-3-16(13-24)4-2-15/h1-8,24H,9-14H2,(H2,22,23,25). The number of aliphatic hydroxyl groups excluding tert-OH is 1. The highest BCUT2D eigenvalue weighted by atomic mass is 19.1. The fourth-order valence-corrected chi connectivity index (χ4v) is 2.97. The number of amides is 2. The summed E-state index contributed by atoms with van der Waals surface area (Å²) in [6, 6.07) is 14.0. The van der Waals surface area contributed by atoms with E-state index in [-0.39, 0.29) is 23.9 Å². The number of nitrogens with one attached hydrogen (secondary N) is 2. The molecule has 4 nitrogen and oxygen atoms in total. The van der Waals surface area contributed by atoms with E-state index in [0.29, 0.717) is 13.1 Å². The summed E-state index contributed by atoms with van der Waals surface area (Å²) in [7, 11) is 0. The van der Waals surface area contributed by atoms with E-state index < -0.39 is 0 Å². The number of aliphatic hydroxyl groups is 1. The van der Waals surface area contributed by atoms with Crippen LogP contribution in [0.2, 0.25) is 0 Å². The summed E-state index contributed by atoms with van der Waals surface area (Å²) in [4.78, 5) is 12.0. The van der Waals surface area contributed by atoms with Crippen LogP contribution in [0.1, 0.15) is 29.5 Å². The van der Waals surface area contributed by atoms with Gasteiger partial charge in [-0.1, -0.05) is 36.4 Å². The Bertz CT molecular complexity index is 709. The molecule has 25 heavy (non-hydrogen) atoms. The molecule has 0 saturated heterocycles. The van der Waals surface area contributed by atoms with Crippen molar-refractivity contribution in [1.82, 2.24) is 10.6 Å². The zero-order valence-corrected chi connectivity index (χ0v) is 14.1. The molecule has 1 aliphatic carbocycles. The summed E-state index contributed by atoms with van der Waals surface area (Å²) < 4.78 is 13.0. The van der Waals surface area contributed by atoms with Gasteiger partial charge in [0.05, 0.1) is 6.61 Å². The second-order valence-corrected chi connectivity index (χ2v) is 6.62. The number of hydrogen-bond donors (Lipinski definition) is 3. The summed E-state index contributed by atoms with van der Waals surface area (Å²) >= 11 is 0. The Labute approximate surface area is 147 Å². The van der Waals surface area contributed by atoms with Gasteiger partial charge in [0.2, 0.25) is 0 Å². The number of hydrogen-bond acceptors (Lipinski definition) is 2. The maximum atomic E-state index is 13.0. The van der Waals surface area contributed by atoms with Crippen LogP contribution in [0.4, 0.5) is 9.18 Å². The first-order valence-electron chi connectivity index (χ1n) is 8.58. The fourth-order valence-electron chi connectivity index (χ4n) is 2.97. The van der Waals surface area contributed by atoms with Crippen LogP contribution in [-0.4, -0.2) is 24.2 Å². The van der Waals surface area contributed by atoms with E-state index >= 15 is 0 Å². The number of carbonyl (C=O) groups excluding carboxylic acids is 1. The molecule has 132 valence electrons. The lowest BCUT2D eigenvalue weighted by Gasteiger charge is -2.17. The van der Waals surface area contributed by atoms with Crippen molar-refractivity contribution in [2.75, 3.05) is 13.1 Å². The predicted molar refractivity (Wildman–Crippen MR) is 94.8 cm³/mol. The number of urea groups is 1. The Kier molecular flexibility index (Phi) is 5.34. The highest BCUT2D eigenvalue weighted by molar-refractivity contribution is 5.74. The molecule has 1 saturated carbocycles. The van der Waals surface area contributed by atoms with Gasteiger partial charge in [0.15, 0.2) is 0 Å². The van der Waals surface area contributed by atoms with Gasteiger partial charge >= 0.3 is 6.03 Å². The molecule has 1 aliphatic rings. The molecule has 0 unspecified atom stereocenters. The van der Waals surface area contributed by atoms with Crippen LogP contribution in [-0.2, 0) is 18.4 Å². The highest BCUT2D eigenvalue weighted by Crippen LogP contribution is 2.47. The van der Waals surface area contributed by atoms with E-state index in [0.717, 1.165) is 36.0 Å². The van der Waals surface area contributed by atoms with Gasteiger partial charge in [-0.2, -0.15) is 0 Å². The molecule has 2 aromatic carbocycles. The van der Waals surface area contributed by atoms with E-state index in [1.807, 2.05) is 24.3 Å². The minimum atomic E-state index is -0.239. The van der Waals surface area contributed by atoms with E-state index in [1.165, 1.54) is 12.1 Å². The number of benzene rings is 2. The van der Waals surface area contributed by atoms with E-state index in [1.54, 1.807) is 12.1 Å². The minimum absolute atomic E-state index is 0.0365. The van der Waals surface area contributed by atoms with Gasteiger partial charge < -0.3 is 15.7 Å². The molecule has 0 aliphatic heterocycles. The average molecular weight is 342 g/mol. The van der Waals surface area contributed by atoms with Crippen LogP contribution in [0.15, 0.2) is 48.5 Å². The van der Waals surface area contributed by atoms with E-state index in [2.05, 4.69) is 10.6 Å². The van der Waals surface area contributed by atoms with Crippen molar-refractivity contribution in [2.24, 2.45) is 0 Å². The minimum Gasteiger partial charge on any atom is -0.392 e. The van der Waals surface area contributed by atoms with Crippen molar-refractivity contribution >= 4 is 6.03 Å². The predicted octanol–water partition coefficient (Wildman–Crippen LogP) is 2.89. The van der Waals surface area contributed by atoms with Crippen LogP contribution in [0.25, 0.3) is 0 Å². The number of carbonyl (C=O) groups is 1. The van der Waals surface area contributed by atoms with Crippen LogP contribution in [0.3, 0.4) is 0 Å². The number of halogens is 1. The molecule has 1 fully saturated rings. The van der Waals surface area contributed by atoms with Crippen LogP contribution >= 0.6 is 0 Å². The smallest absolute Gasteiger partial charge is 0.314 e. The van der Waals surface area contributed by atoms with Gasteiger partial charge in [-0.25, -0.2) is 9.18 Å². The lowest BCUT2D eigenvalue weighted by Crippen LogP contribution is -2.40. The zero-order chi connectivity index (χ0) is 17.7. The topological polar surface area (TPSA) is 61.4 Å². The molecule has 0 aromatic heterocycles. The monoisotopic (exact) mass is 342 g/mol. The molecule has 5 heteroatoms. The van der Waals surface area contributed by atoms with Crippen LogP contribution < -0.4 is 10.6 Å². The van der Waals surface area contributed by atoms with E-state index in [4.69, 9.17) is 5.11 Å². The first-order chi connectivity index (χ1) is 12.1. The zero-order valence-electron chi connectivity index (χ0n) is 14.1. The van der Waals surface area contributed by atoms with Gasteiger partial charge in [-0.3, -0.25) is 0 Å². The summed E-state index contributed by atoms with van der Waals surface area (Å²) in [6.07, 6.45) is 2.76. The molecule has 0 atom stereocenters. The van der Waals surface area contributed by atoms with Gasteiger partial charge in [0.1, 0.15) is 5.82 Å². The van der Waals surface area contributed by atoms with Crippen molar-refractivity contribution in [3.63, 3.8) is 0 Å². The lowest BCUT2D eigenvalue weighted by atomic mass is 9.96. The summed E-state index contributed by atoms with van der Waals surface area (Å²) in [5, 5.41) is 14.8. The molecular weight excluding hydrogens is 319 g/mol. The number of rotatable bonds is 7. The molecule has 2 aromatic rings. The third kappa shape index (κ3) is 4.57. The van der Waals surface area contributed by atoms with Gasteiger partial charge in [-0.15, -0.1) is 0 Å². The molecule has 0 bridgehead atoms. The van der Waals surface area contributed by atoms with Crippen molar-refractivity contribution in [1.29, 1.82) is 0 Å². The first-order valence-corrected chi connectivity index (χ1v) is 8.58. The summed E-state index contributed by atoms with van der Waals surface area (Å²) in [5.41, 5.74) is 3.04. The van der Waals surface area contributed by atoms with E-state index in [9.17, 15) is 9.18 Å². The molecule has 3 rings (SSSR count). The normalized spacial score (nSPS) is 14.8. The molecular formula is C20H23FN2O2. The van der Waals surface area contributed by atoms with Gasteiger partial charge in [-0.05, 0) is 48.1 Å². The maximum absolute atomic E-state index is 13.0. The summed E-state index contributed by atoms with van der Waals surface area (Å²) in [5.74, 6) is -0.239. The quantitative estimate of drug-likeness (QED) is 0.724. The Hall–Kier alpha value is -2.40. The molecule has 0 heterocycles. The summed E-state index contributed by atoms with van der Waals surface area (Å²) in [6.45, 7) is 1.15. The SMILES string of the molecule is O=C(NCCc1ccc(CO)cc1)NCC1(c2ccc(F)cc2)CC1. The largest absolute Gasteiger partial charge is 0.392 e. The fraction of sp³-hybridized carbons (Fsp3) is 0.350. The Balaban J connectivity index is 1.41. The third-order valence-corrected chi connectivity index (χ3v) is 4.80. The van der Waals surface area contributed by atoms with Crippen molar-refractivity contribution < 1.29 is 14.3 Å². The Morgan fingerprint density at radius 3 is 2.24 bits per heavy atom. The van der Waals surface area contributed by atoms with Crippen molar-refractivity contribution in [3.05, 3.63) is 71.0 Å². The average Bonchev–Trinajstić information content (AvgIpc) is 3.42. The maximum Gasteiger partial charge on any atom is 0.314 e. The molecule has 0 radical (unpaired) electrons. The van der Waals surface area contributed by atoms with Crippen LogP contribution in [0.5, 0.6) is 0 Å². The Morgan fingerprint density at radius 2 is 1.64 bits per heavy atom. The van der Waals surface area contributed by atoms with Crippen molar-refractivity contribution in [2.45, 2.75) is 31.3 Å². The molecule has 2 amide bonds. The second kappa shape index (κ2) is 7.66. The molecule has 0 spiro atoms. The molecule has 3 N–H and O–H groups in total. The second-order valence-electron chi connectivity index (χ2n) is 6.62. The van der Waals surface area contributed by atoms with Crippen LogP contribution in [0, 0.1) is 5.82 Å². The highest BCUT2D eigenvalue weighted by Gasteiger charge is 2.44. The van der Waals surface area contributed by atoms with Crippen molar-refractivity contribution in [3.8, 4) is 0 Å². The third-order valence-electron chi connectivity index (χ3n) is 4.80. The Morgan fingerprint density at radius 1 is 1.00 bits per heavy atom. The lowest BCUT2D eigenvalue weighted by molar-refractivity contribution is 0.240. The van der Waals surface area contributed by atoms with Gasteiger partial charge in [0.25, 0.3) is 0 Å². The first kappa shape index (κ1) is 17.4. The van der Waals surface area contributed by atoms with Gasteiger partial charge in [0, 0.05) is 18.5 Å².